The van der Waals surface area contributed by atoms with Crippen LogP contribution in [0, 0.1) is 5.82 Å². The summed E-state index contributed by atoms with van der Waals surface area (Å²) in [6, 6.07) is 4.83. The first kappa shape index (κ1) is 18.6. The van der Waals surface area contributed by atoms with E-state index in [2.05, 4.69) is 20.6 Å². The van der Waals surface area contributed by atoms with E-state index in [-0.39, 0.29) is 29.3 Å². The van der Waals surface area contributed by atoms with Crippen molar-refractivity contribution in [3.63, 3.8) is 0 Å². The Balaban J connectivity index is 1.59. The van der Waals surface area contributed by atoms with E-state index in [4.69, 9.17) is 11.5 Å². The van der Waals surface area contributed by atoms with Gasteiger partial charge in [0.2, 0.25) is 0 Å². The van der Waals surface area contributed by atoms with Crippen LogP contribution in [0.4, 0.5) is 21.7 Å². The van der Waals surface area contributed by atoms with Crippen LogP contribution in [0.3, 0.4) is 0 Å². The minimum absolute atomic E-state index is 0.0118. The molecule has 0 aromatic carbocycles. The number of nitrogens with zero attached hydrogens (tertiary/aromatic N) is 2. The van der Waals surface area contributed by atoms with Gasteiger partial charge in [0.15, 0.2) is 11.6 Å². The number of aromatic nitrogens is 2. The van der Waals surface area contributed by atoms with Gasteiger partial charge in [-0.25, -0.2) is 9.37 Å². The van der Waals surface area contributed by atoms with Crippen LogP contribution in [0.25, 0.3) is 0 Å². The number of primary amides is 1. The Kier molecular flexibility index (Phi) is 5.13. The molecule has 1 amide bonds. The second-order valence-corrected chi connectivity index (χ2v) is 7.65. The van der Waals surface area contributed by atoms with E-state index >= 15 is 0 Å². The molecule has 0 aliphatic heterocycles. The number of pyridine rings is 2. The van der Waals surface area contributed by atoms with E-state index in [1.165, 1.54) is 12.8 Å². The maximum atomic E-state index is 14.5. The molecule has 7 nitrogen and oxygen atoms in total. The number of hydrogen-bond acceptors (Lipinski definition) is 6. The summed E-state index contributed by atoms with van der Waals surface area (Å²) < 4.78 is 14.5. The van der Waals surface area contributed by atoms with E-state index in [0.717, 1.165) is 37.4 Å². The topological polar surface area (TPSA) is 119 Å². The third-order valence-electron chi connectivity index (χ3n) is 5.43. The molecule has 148 valence electrons. The molecule has 0 spiro atoms. The highest BCUT2D eigenvalue weighted by atomic mass is 19.1. The molecule has 2 aromatic rings. The number of halogens is 1. The van der Waals surface area contributed by atoms with Gasteiger partial charge in [-0.3, -0.25) is 9.78 Å². The minimum Gasteiger partial charge on any atom is -0.365 e. The highest BCUT2D eigenvalue weighted by Gasteiger charge is 2.26. The predicted octanol–water partition coefficient (Wildman–Crippen LogP) is 3.02. The van der Waals surface area contributed by atoms with Gasteiger partial charge in [0, 0.05) is 23.7 Å². The third kappa shape index (κ3) is 4.06. The summed E-state index contributed by atoms with van der Waals surface area (Å²) in [7, 11) is 0. The maximum Gasteiger partial charge on any atom is 0.252 e. The fourth-order valence-corrected chi connectivity index (χ4v) is 3.62. The van der Waals surface area contributed by atoms with Crippen LogP contribution in [-0.2, 0) is 0 Å². The van der Waals surface area contributed by atoms with Crippen molar-refractivity contribution in [2.45, 2.75) is 56.5 Å². The Bertz CT molecular complexity index is 868. The van der Waals surface area contributed by atoms with Crippen LogP contribution in [-0.4, -0.2) is 28.0 Å². The van der Waals surface area contributed by atoms with Crippen molar-refractivity contribution in [2.75, 3.05) is 10.6 Å². The van der Waals surface area contributed by atoms with Gasteiger partial charge >= 0.3 is 0 Å². The number of rotatable bonds is 6. The second-order valence-electron chi connectivity index (χ2n) is 7.65. The van der Waals surface area contributed by atoms with Crippen LogP contribution in [0.5, 0.6) is 0 Å². The molecule has 2 heterocycles. The van der Waals surface area contributed by atoms with Crippen LogP contribution in [0.1, 0.15) is 60.5 Å². The fourth-order valence-electron chi connectivity index (χ4n) is 3.62. The summed E-state index contributed by atoms with van der Waals surface area (Å²) in [5, 5.41) is 6.15. The molecule has 2 saturated carbocycles. The predicted molar refractivity (Wildman–Crippen MR) is 106 cm³/mol. The largest absolute Gasteiger partial charge is 0.365 e. The normalized spacial score (nSPS) is 21.9. The standard InChI is InChI=1S/C20H25FN6O/c21-14-9-13(18(23)28)19(25-12-7-8-16(24-10-12)11-5-6-11)27-20(14)26-17-4-2-1-3-15(17)22/h7-11,15,17H,1-6,22H2,(H2,23,28)(H2,25,26,27)/t15-,17?/m0/s1. The Labute approximate surface area is 163 Å². The monoisotopic (exact) mass is 384 g/mol. The Morgan fingerprint density at radius 3 is 2.57 bits per heavy atom. The summed E-state index contributed by atoms with van der Waals surface area (Å²) in [5.41, 5.74) is 13.3. The molecule has 0 bridgehead atoms. The highest BCUT2D eigenvalue weighted by Crippen LogP contribution is 2.39. The minimum atomic E-state index is -0.752. The zero-order chi connectivity index (χ0) is 19.7. The lowest BCUT2D eigenvalue weighted by atomic mass is 9.91. The van der Waals surface area contributed by atoms with Crippen molar-refractivity contribution in [2.24, 2.45) is 11.5 Å². The second kappa shape index (κ2) is 7.71. The molecule has 2 atom stereocenters. The van der Waals surface area contributed by atoms with Gasteiger partial charge in [0.25, 0.3) is 5.91 Å². The molecular formula is C20H25FN6O. The molecule has 2 aliphatic rings. The Hall–Kier alpha value is -2.74. The Morgan fingerprint density at radius 2 is 1.93 bits per heavy atom. The van der Waals surface area contributed by atoms with Crippen molar-refractivity contribution in [3.8, 4) is 0 Å². The van der Waals surface area contributed by atoms with Gasteiger partial charge in [-0.05, 0) is 43.9 Å². The van der Waals surface area contributed by atoms with E-state index < -0.39 is 11.7 Å². The van der Waals surface area contributed by atoms with Crippen LogP contribution >= 0.6 is 0 Å². The van der Waals surface area contributed by atoms with E-state index in [9.17, 15) is 9.18 Å². The van der Waals surface area contributed by atoms with Crippen molar-refractivity contribution in [3.05, 3.63) is 41.5 Å². The highest BCUT2D eigenvalue weighted by molar-refractivity contribution is 5.98. The first-order chi connectivity index (χ1) is 13.5. The Morgan fingerprint density at radius 1 is 1.14 bits per heavy atom. The number of hydrogen-bond donors (Lipinski definition) is 4. The van der Waals surface area contributed by atoms with Crippen LogP contribution in [0.2, 0.25) is 0 Å². The van der Waals surface area contributed by atoms with Crippen molar-refractivity contribution < 1.29 is 9.18 Å². The van der Waals surface area contributed by atoms with Crippen molar-refractivity contribution >= 4 is 23.2 Å². The molecule has 2 aromatic heterocycles. The zero-order valence-corrected chi connectivity index (χ0v) is 15.6. The van der Waals surface area contributed by atoms with E-state index in [1.54, 1.807) is 6.20 Å². The van der Waals surface area contributed by atoms with Crippen LogP contribution < -0.4 is 22.1 Å². The summed E-state index contributed by atoms with van der Waals surface area (Å²) in [4.78, 5) is 20.5. The number of nitrogens with two attached hydrogens (primary N) is 2. The third-order valence-corrected chi connectivity index (χ3v) is 5.43. The lowest BCUT2D eigenvalue weighted by Gasteiger charge is -2.30. The number of nitrogens with one attached hydrogen (secondary N) is 2. The molecule has 28 heavy (non-hydrogen) atoms. The SMILES string of the molecule is NC(=O)c1cc(F)c(NC2CCCC[C@@H]2N)nc1Nc1ccc(C2CC2)nc1. The summed E-state index contributed by atoms with van der Waals surface area (Å²) >= 11 is 0. The van der Waals surface area contributed by atoms with Gasteiger partial charge in [0.1, 0.15) is 5.82 Å². The van der Waals surface area contributed by atoms with Gasteiger partial charge < -0.3 is 22.1 Å². The molecule has 0 saturated heterocycles. The molecule has 0 radical (unpaired) electrons. The van der Waals surface area contributed by atoms with Crippen LogP contribution in [0.15, 0.2) is 24.4 Å². The molecule has 4 rings (SSSR count). The molecule has 8 heteroatoms. The molecule has 1 unspecified atom stereocenters. The molecular weight excluding hydrogens is 359 g/mol. The number of amides is 1. The summed E-state index contributed by atoms with van der Waals surface area (Å²) in [5.74, 6) is -0.564. The fraction of sp³-hybridized carbons (Fsp3) is 0.450. The molecule has 6 N–H and O–H groups in total. The van der Waals surface area contributed by atoms with Crippen molar-refractivity contribution in [1.82, 2.24) is 9.97 Å². The number of carbonyl (C=O) groups is 1. The zero-order valence-electron chi connectivity index (χ0n) is 15.6. The van der Waals surface area contributed by atoms with E-state index in [0.29, 0.717) is 11.6 Å². The number of anilines is 3. The van der Waals surface area contributed by atoms with Gasteiger partial charge in [-0.15, -0.1) is 0 Å². The number of carbonyl (C=O) groups excluding carboxylic acids is 1. The first-order valence-electron chi connectivity index (χ1n) is 9.76. The molecule has 2 fully saturated rings. The maximum absolute atomic E-state index is 14.5. The smallest absolute Gasteiger partial charge is 0.252 e. The quantitative estimate of drug-likeness (QED) is 0.608. The average Bonchev–Trinajstić information content (AvgIpc) is 3.51. The molecule has 2 aliphatic carbocycles. The van der Waals surface area contributed by atoms with Gasteiger partial charge in [-0.2, -0.15) is 0 Å². The van der Waals surface area contributed by atoms with Gasteiger partial charge in [-0.1, -0.05) is 12.8 Å². The summed E-state index contributed by atoms with van der Waals surface area (Å²) in [6.45, 7) is 0. The lowest BCUT2D eigenvalue weighted by Crippen LogP contribution is -2.43. The average molecular weight is 384 g/mol. The van der Waals surface area contributed by atoms with Gasteiger partial charge in [0.05, 0.1) is 17.4 Å². The van der Waals surface area contributed by atoms with E-state index in [1.807, 2.05) is 12.1 Å². The first-order valence-corrected chi connectivity index (χ1v) is 9.76. The lowest BCUT2D eigenvalue weighted by molar-refractivity contribution is 0.100. The van der Waals surface area contributed by atoms with Crippen molar-refractivity contribution in [1.29, 1.82) is 0 Å². The summed E-state index contributed by atoms with van der Waals surface area (Å²) in [6.07, 6.45) is 7.89.